The van der Waals surface area contributed by atoms with Crippen LogP contribution in [0.2, 0.25) is 0 Å². The van der Waals surface area contributed by atoms with Gasteiger partial charge >= 0.3 is 6.03 Å². The zero-order chi connectivity index (χ0) is 13.2. The first-order valence-corrected chi connectivity index (χ1v) is 5.95. The van der Waals surface area contributed by atoms with Crippen LogP contribution in [-0.4, -0.2) is 43.8 Å². The lowest BCUT2D eigenvalue weighted by Crippen LogP contribution is -2.40. The van der Waals surface area contributed by atoms with Crippen molar-refractivity contribution in [2.75, 3.05) is 32.9 Å². The van der Waals surface area contributed by atoms with Crippen molar-refractivity contribution in [2.24, 2.45) is 5.73 Å². The van der Waals surface area contributed by atoms with E-state index < -0.39 is 6.03 Å². The number of nitrogens with two attached hydrogens (primary N) is 1. The highest BCUT2D eigenvalue weighted by atomic mass is 16.5. The summed E-state index contributed by atoms with van der Waals surface area (Å²) in [6.45, 7) is 4.31. The van der Waals surface area contributed by atoms with E-state index in [1.165, 1.54) is 4.90 Å². The molecule has 0 aliphatic heterocycles. The van der Waals surface area contributed by atoms with Crippen molar-refractivity contribution in [3.63, 3.8) is 0 Å². The molecule has 0 fully saturated rings. The first-order valence-electron chi connectivity index (χ1n) is 5.95. The number of ether oxygens (including phenoxy) is 2. The van der Waals surface area contributed by atoms with Crippen LogP contribution in [-0.2, 0) is 4.74 Å². The van der Waals surface area contributed by atoms with Crippen molar-refractivity contribution < 1.29 is 14.3 Å². The molecule has 0 bridgehead atoms. The van der Waals surface area contributed by atoms with Gasteiger partial charge in [0.1, 0.15) is 12.4 Å². The van der Waals surface area contributed by atoms with Crippen molar-refractivity contribution in [1.29, 1.82) is 0 Å². The average Bonchev–Trinajstić information content (AvgIpc) is 2.38. The molecule has 2 N–H and O–H groups in total. The van der Waals surface area contributed by atoms with Crippen LogP contribution in [0.1, 0.15) is 6.92 Å². The van der Waals surface area contributed by atoms with Crippen molar-refractivity contribution in [3.05, 3.63) is 30.3 Å². The normalized spacial score (nSPS) is 10.1. The largest absolute Gasteiger partial charge is 0.491 e. The zero-order valence-electron chi connectivity index (χ0n) is 10.6. The lowest BCUT2D eigenvalue weighted by atomic mass is 10.3. The molecule has 0 aliphatic rings. The van der Waals surface area contributed by atoms with Gasteiger partial charge < -0.3 is 20.1 Å². The molecule has 0 atom stereocenters. The fraction of sp³-hybridized carbons (Fsp3) is 0.462. The van der Waals surface area contributed by atoms with Gasteiger partial charge in [0.15, 0.2) is 0 Å². The number of para-hydroxylation sites is 1. The zero-order valence-corrected chi connectivity index (χ0v) is 10.6. The van der Waals surface area contributed by atoms with E-state index in [2.05, 4.69) is 6.07 Å². The van der Waals surface area contributed by atoms with Gasteiger partial charge in [-0.25, -0.2) is 4.79 Å². The molecule has 0 aliphatic carbocycles. The molecule has 0 saturated heterocycles. The predicted molar refractivity (Wildman–Crippen MR) is 68.4 cm³/mol. The first kappa shape index (κ1) is 14.3. The topological polar surface area (TPSA) is 64.8 Å². The van der Waals surface area contributed by atoms with Gasteiger partial charge in [0.2, 0.25) is 0 Å². The van der Waals surface area contributed by atoms with E-state index >= 15 is 0 Å². The Balaban J connectivity index is 2.27. The van der Waals surface area contributed by atoms with Gasteiger partial charge in [0, 0.05) is 19.2 Å². The molecule has 0 saturated carbocycles. The van der Waals surface area contributed by atoms with E-state index in [-0.39, 0.29) is 0 Å². The van der Waals surface area contributed by atoms with Gasteiger partial charge in [-0.05, 0) is 13.0 Å². The molecular weight excluding hydrogens is 232 g/mol. The summed E-state index contributed by atoms with van der Waals surface area (Å²) in [5, 5.41) is 0. The predicted octanol–water partition coefficient (Wildman–Crippen LogP) is 1.28. The molecule has 18 heavy (non-hydrogen) atoms. The molecule has 1 aromatic rings. The van der Waals surface area contributed by atoms with Crippen LogP contribution >= 0.6 is 0 Å². The van der Waals surface area contributed by atoms with Gasteiger partial charge in [0.25, 0.3) is 0 Å². The maximum atomic E-state index is 11.2. The second kappa shape index (κ2) is 8.36. The third-order valence-electron chi connectivity index (χ3n) is 2.32. The monoisotopic (exact) mass is 251 g/mol. The highest BCUT2D eigenvalue weighted by Crippen LogP contribution is 2.06. The van der Waals surface area contributed by atoms with Crippen LogP contribution in [0, 0.1) is 6.07 Å². The molecule has 1 radical (unpaired) electrons. The summed E-state index contributed by atoms with van der Waals surface area (Å²) >= 11 is 0. The Hall–Kier alpha value is -1.75. The van der Waals surface area contributed by atoms with Crippen LogP contribution in [0.25, 0.3) is 0 Å². The standard InChI is InChI=1S/C13H19N2O3/c1-2-17-10-8-15(13(14)16)9-11-18-12-6-4-3-5-7-12/h3-6H,2,8-11H2,1H3,(H2,14,16). The van der Waals surface area contributed by atoms with E-state index in [0.29, 0.717) is 38.7 Å². The van der Waals surface area contributed by atoms with Crippen molar-refractivity contribution in [2.45, 2.75) is 6.92 Å². The van der Waals surface area contributed by atoms with Gasteiger partial charge in [-0.15, -0.1) is 0 Å². The van der Waals surface area contributed by atoms with Crippen molar-refractivity contribution in [3.8, 4) is 5.75 Å². The molecule has 2 amide bonds. The first-order chi connectivity index (χ1) is 8.74. The third-order valence-corrected chi connectivity index (χ3v) is 2.32. The Morgan fingerprint density at radius 2 is 2.17 bits per heavy atom. The summed E-state index contributed by atoms with van der Waals surface area (Å²) in [5.74, 6) is 0.659. The van der Waals surface area contributed by atoms with Crippen LogP contribution in [0.15, 0.2) is 24.3 Å². The van der Waals surface area contributed by atoms with Crippen LogP contribution < -0.4 is 10.5 Å². The highest BCUT2D eigenvalue weighted by molar-refractivity contribution is 5.71. The van der Waals surface area contributed by atoms with Gasteiger partial charge in [-0.2, -0.15) is 0 Å². The minimum absolute atomic E-state index is 0.385. The number of hydrogen-bond donors (Lipinski definition) is 1. The molecule has 99 valence electrons. The van der Waals surface area contributed by atoms with Crippen molar-refractivity contribution >= 4 is 6.03 Å². The molecule has 5 heteroatoms. The maximum absolute atomic E-state index is 11.2. The lowest BCUT2D eigenvalue weighted by Gasteiger charge is -2.20. The number of amides is 2. The summed E-state index contributed by atoms with van der Waals surface area (Å²) in [7, 11) is 0. The molecule has 5 nitrogen and oxygen atoms in total. The van der Waals surface area contributed by atoms with E-state index in [9.17, 15) is 4.79 Å². The number of primary amides is 1. The van der Waals surface area contributed by atoms with Crippen LogP contribution in [0.4, 0.5) is 4.79 Å². The quantitative estimate of drug-likeness (QED) is 0.708. The summed E-state index contributed by atoms with van der Waals surface area (Å²) in [5.41, 5.74) is 5.27. The molecular formula is C13H19N2O3. The van der Waals surface area contributed by atoms with E-state index in [1.54, 1.807) is 6.07 Å². The van der Waals surface area contributed by atoms with Gasteiger partial charge in [-0.1, -0.05) is 18.2 Å². The fourth-order valence-corrected chi connectivity index (χ4v) is 1.38. The Labute approximate surface area is 107 Å². The Kier molecular flexibility index (Phi) is 6.64. The summed E-state index contributed by atoms with van der Waals surface area (Å²) < 4.78 is 10.6. The highest BCUT2D eigenvalue weighted by Gasteiger charge is 2.09. The van der Waals surface area contributed by atoms with Crippen LogP contribution in [0.5, 0.6) is 5.75 Å². The number of nitrogens with zero attached hydrogens (tertiary/aromatic N) is 1. The Morgan fingerprint density at radius 3 is 2.78 bits per heavy atom. The molecule has 0 aromatic heterocycles. The van der Waals surface area contributed by atoms with Crippen LogP contribution in [0.3, 0.4) is 0 Å². The lowest BCUT2D eigenvalue weighted by molar-refractivity contribution is 0.116. The van der Waals surface area contributed by atoms with E-state index in [4.69, 9.17) is 15.2 Å². The van der Waals surface area contributed by atoms with Gasteiger partial charge in [-0.3, -0.25) is 0 Å². The number of hydrogen-bond acceptors (Lipinski definition) is 3. The summed E-state index contributed by atoms with van der Waals surface area (Å²) in [6.07, 6.45) is 0. The fourth-order valence-electron chi connectivity index (χ4n) is 1.38. The van der Waals surface area contributed by atoms with E-state index in [1.807, 2.05) is 25.1 Å². The summed E-state index contributed by atoms with van der Waals surface area (Å²) in [6, 6.07) is 9.80. The number of carbonyl (C=O) groups excluding carboxylic acids is 1. The number of rotatable bonds is 8. The molecule has 0 heterocycles. The smallest absolute Gasteiger partial charge is 0.314 e. The van der Waals surface area contributed by atoms with E-state index in [0.717, 1.165) is 0 Å². The Bertz CT molecular complexity index is 343. The second-order valence-corrected chi connectivity index (χ2v) is 3.60. The third kappa shape index (κ3) is 5.54. The van der Waals surface area contributed by atoms with Gasteiger partial charge in [0.05, 0.1) is 13.2 Å². The maximum Gasteiger partial charge on any atom is 0.314 e. The molecule has 0 unspecified atom stereocenters. The minimum atomic E-state index is -0.463. The minimum Gasteiger partial charge on any atom is -0.491 e. The molecule has 1 rings (SSSR count). The molecule has 1 aromatic carbocycles. The van der Waals surface area contributed by atoms with Crippen molar-refractivity contribution in [1.82, 2.24) is 4.90 Å². The number of benzene rings is 1. The number of carbonyl (C=O) groups is 1. The molecule has 0 spiro atoms. The Morgan fingerprint density at radius 1 is 1.39 bits per heavy atom. The number of urea groups is 1. The summed E-state index contributed by atoms with van der Waals surface area (Å²) in [4.78, 5) is 12.7. The second-order valence-electron chi connectivity index (χ2n) is 3.60. The average molecular weight is 251 g/mol. The SMILES string of the molecule is CCOCCN(CCOc1[c]cccc1)C(N)=O.